The van der Waals surface area contributed by atoms with Crippen molar-refractivity contribution in [3.05, 3.63) is 65.2 Å². The lowest BCUT2D eigenvalue weighted by molar-refractivity contribution is -0.274. The molecule has 5 nitrogen and oxygen atoms in total. The van der Waals surface area contributed by atoms with E-state index in [9.17, 15) is 22.8 Å². The van der Waals surface area contributed by atoms with Crippen LogP contribution in [0.4, 0.5) is 13.2 Å². The molecule has 0 aliphatic rings. The van der Waals surface area contributed by atoms with Crippen LogP contribution in [0.5, 0.6) is 5.75 Å². The quantitative estimate of drug-likeness (QED) is 0.575. The molecule has 2 aromatic rings. The number of methoxy groups -OCH3 is 1. The lowest BCUT2D eigenvalue weighted by Gasteiger charge is -2.17. The number of carbonyl (C=O) groups excluding carboxylic acids is 2. The minimum Gasteiger partial charge on any atom is -0.465 e. The maximum atomic E-state index is 12.3. The van der Waals surface area contributed by atoms with Crippen molar-refractivity contribution in [2.45, 2.75) is 18.7 Å². The standard InChI is InChI=1S/C18H16F3NO4S/c1-25-17(24)13-4-2-11(3-5-13)10-15(16(23)22-27)12-6-8-14(9-7-12)26-18(19,20)21/h2-9,15,27H,10H2,1H3,(H,22,23). The highest BCUT2D eigenvalue weighted by Gasteiger charge is 2.31. The number of carbonyl (C=O) groups is 2. The van der Waals surface area contributed by atoms with Crippen molar-refractivity contribution in [2.24, 2.45) is 0 Å². The monoisotopic (exact) mass is 399 g/mol. The summed E-state index contributed by atoms with van der Waals surface area (Å²) in [4.78, 5) is 23.6. The molecule has 0 fully saturated rings. The number of ether oxygens (including phenoxy) is 2. The predicted octanol–water partition coefficient (Wildman–Crippen LogP) is 3.66. The van der Waals surface area contributed by atoms with Gasteiger partial charge in [0, 0.05) is 0 Å². The fourth-order valence-corrected chi connectivity index (χ4v) is 2.63. The lowest BCUT2D eigenvalue weighted by Crippen LogP contribution is -2.24. The summed E-state index contributed by atoms with van der Waals surface area (Å²) in [7, 11) is 1.27. The second kappa shape index (κ2) is 8.81. The third kappa shape index (κ3) is 5.92. The number of nitrogens with one attached hydrogen (secondary N) is 1. The molecule has 1 unspecified atom stereocenters. The molecule has 144 valence electrons. The van der Waals surface area contributed by atoms with E-state index in [2.05, 4.69) is 27.0 Å². The first-order valence-electron chi connectivity index (χ1n) is 7.70. The zero-order valence-electron chi connectivity index (χ0n) is 14.1. The van der Waals surface area contributed by atoms with Crippen LogP contribution < -0.4 is 9.46 Å². The van der Waals surface area contributed by atoms with Crippen LogP contribution in [0.2, 0.25) is 0 Å². The smallest absolute Gasteiger partial charge is 0.465 e. The number of benzene rings is 2. The van der Waals surface area contributed by atoms with Gasteiger partial charge in [-0.2, -0.15) is 0 Å². The summed E-state index contributed by atoms with van der Waals surface area (Å²) < 4.78 is 47.5. The van der Waals surface area contributed by atoms with Gasteiger partial charge in [-0.3, -0.25) is 4.79 Å². The van der Waals surface area contributed by atoms with Gasteiger partial charge in [0.25, 0.3) is 0 Å². The highest BCUT2D eigenvalue weighted by molar-refractivity contribution is 7.78. The van der Waals surface area contributed by atoms with Gasteiger partial charge in [0.15, 0.2) is 0 Å². The van der Waals surface area contributed by atoms with Gasteiger partial charge in [0.05, 0.1) is 18.6 Å². The van der Waals surface area contributed by atoms with Crippen molar-refractivity contribution in [1.82, 2.24) is 4.72 Å². The maximum Gasteiger partial charge on any atom is 0.573 e. The van der Waals surface area contributed by atoms with E-state index in [1.165, 1.54) is 19.2 Å². The molecule has 1 N–H and O–H groups in total. The second-order valence-electron chi connectivity index (χ2n) is 5.54. The van der Waals surface area contributed by atoms with Crippen LogP contribution in [-0.4, -0.2) is 25.3 Å². The van der Waals surface area contributed by atoms with Gasteiger partial charge in [-0.25, -0.2) is 4.79 Å². The van der Waals surface area contributed by atoms with Crippen molar-refractivity contribution in [1.29, 1.82) is 0 Å². The maximum absolute atomic E-state index is 12.3. The number of rotatable bonds is 6. The van der Waals surface area contributed by atoms with Crippen molar-refractivity contribution in [3.8, 4) is 5.75 Å². The van der Waals surface area contributed by atoms with Gasteiger partial charge in [-0.15, -0.1) is 13.2 Å². The second-order valence-corrected chi connectivity index (χ2v) is 5.76. The van der Waals surface area contributed by atoms with Crippen molar-refractivity contribution in [2.75, 3.05) is 7.11 Å². The van der Waals surface area contributed by atoms with Crippen LogP contribution in [0.25, 0.3) is 0 Å². The molecule has 2 aromatic carbocycles. The SMILES string of the molecule is COC(=O)c1ccc(CC(C(=O)NS)c2ccc(OC(F)(F)F)cc2)cc1. The number of hydrogen-bond donors (Lipinski definition) is 2. The molecule has 0 saturated carbocycles. The first-order chi connectivity index (χ1) is 12.7. The topological polar surface area (TPSA) is 64.6 Å². The Hall–Kier alpha value is -2.68. The normalized spacial score (nSPS) is 12.2. The number of hydrogen-bond acceptors (Lipinski definition) is 5. The van der Waals surface area contributed by atoms with Gasteiger partial charge in [-0.1, -0.05) is 37.1 Å². The minimum atomic E-state index is -4.79. The Labute approximate surface area is 159 Å². The molecule has 0 spiro atoms. The van der Waals surface area contributed by atoms with Crippen LogP contribution in [0.3, 0.4) is 0 Å². The molecular weight excluding hydrogens is 383 g/mol. The Kier molecular flexibility index (Phi) is 6.73. The zero-order valence-corrected chi connectivity index (χ0v) is 15.0. The summed E-state index contributed by atoms with van der Waals surface area (Å²) in [5.41, 5.74) is 1.61. The first kappa shape index (κ1) is 20.6. The average Bonchev–Trinajstić information content (AvgIpc) is 2.65. The van der Waals surface area contributed by atoms with Crippen LogP contribution in [0.15, 0.2) is 48.5 Å². The Balaban J connectivity index is 2.20. The van der Waals surface area contributed by atoms with E-state index in [1.807, 2.05) is 0 Å². The van der Waals surface area contributed by atoms with E-state index in [0.717, 1.165) is 17.7 Å². The van der Waals surface area contributed by atoms with Gasteiger partial charge in [0.1, 0.15) is 5.75 Å². The number of thiol groups is 1. The largest absolute Gasteiger partial charge is 0.573 e. The highest BCUT2D eigenvalue weighted by Crippen LogP contribution is 2.27. The molecule has 1 atom stereocenters. The first-order valence-corrected chi connectivity index (χ1v) is 8.15. The average molecular weight is 399 g/mol. The van der Waals surface area contributed by atoms with E-state index >= 15 is 0 Å². The number of alkyl halides is 3. The Morgan fingerprint density at radius 3 is 2.15 bits per heavy atom. The van der Waals surface area contributed by atoms with E-state index in [0.29, 0.717) is 11.1 Å². The molecule has 0 radical (unpaired) electrons. The molecule has 1 amide bonds. The lowest BCUT2D eigenvalue weighted by atomic mass is 9.91. The van der Waals surface area contributed by atoms with E-state index in [1.54, 1.807) is 24.3 Å². The third-order valence-electron chi connectivity index (χ3n) is 3.76. The van der Waals surface area contributed by atoms with Gasteiger partial charge in [0.2, 0.25) is 5.91 Å². The molecule has 2 rings (SSSR count). The fraction of sp³-hybridized carbons (Fsp3) is 0.222. The fourth-order valence-electron chi connectivity index (χ4n) is 2.47. The van der Waals surface area contributed by atoms with Crippen molar-refractivity contribution in [3.63, 3.8) is 0 Å². The van der Waals surface area contributed by atoms with Crippen LogP contribution in [0.1, 0.15) is 27.4 Å². The summed E-state index contributed by atoms with van der Waals surface area (Å²) in [6, 6.07) is 11.5. The Morgan fingerprint density at radius 1 is 1.07 bits per heavy atom. The number of esters is 1. The van der Waals surface area contributed by atoms with Crippen LogP contribution >= 0.6 is 12.8 Å². The molecule has 0 saturated heterocycles. The van der Waals surface area contributed by atoms with E-state index in [-0.39, 0.29) is 12.2 Å². The molecule has 0 aliphatic carbocycles. The third-order valence-corrected chi connectivity index (χ3v) is 3.98. The van der Waals surface area contributed by atoms with Gasteiger partial charge < -0.3 is 14.2 Å². The molecular formula is C18H16F3NO4S. The molecule has 9 heteroatoms. The Bertz CT molecular complexity index is 792. The van der Waals surface area contributed by atoms with Crippen molar-refractivity contribution < 1.29 is 32.2 Å². The summed E-state index contributed by atoms with van der Waals surface area (Å²) in [6.45, 7) is 0. The summed E-state index contributed by atoms with van der Waals surface area (Å²) in [6.07, 6.45) is -4.53. The highest BCUT2D eigenvalue weighted by atomic mass is 32.1. The summed E-state index contributed by atoms with van der Waals surface area (Å²) >= 11 is 3.77. The van der Waals surface area contributed by atoms with Gasteiger partial charge in [-0.05, 0) is 41.8 Å². The van der Waals surface area contributed by atoms with E-state index in [4.69, 9.17) is 0 Å². The van der Waals surface area contributed by atoms with Crippen molar-refractivity contribution >= 4 is 24.7 Å². The van der Waals surface area contributed by atoms with E-state index < -0.39 is 24.2 Å². The Morgan fingerprint density at radius 2 is 1.67 bits per heavy atom. The van der Waals surface area contributed by atoms with Crippen LogP contribution in [-0.2, 0) is 16.0 Å². The summed E-state index contributed by atoms with van der Waals surface area (Å²) in [5.74, 6) is -1.96. The van der Waals surface area contributed by atoms with Gasteiger partial charge >= 0.3 is 12.3 Å². The van der Waals surface area contributed by atoms with Crippen LogP contribution in [0, 0.1) is 0 Å². The predicted molar refractivity (Wildman–Crippen MR) is 94.5 cm³/mol. The summed E-state index contributed by atoms with van der Waals surface area (Å²) in [5, 5.41) is 0. The molecule has 0 aromatic heterocycles. The zero-order chi connectivity index (χ0) is 20.0. The molecule has 27 heavy (non-hydrogen) atoms. The number of halogens is 3. The molecule has 0 aliphatic heterocycles. The molecule has 0 heterocycles. The number of amides is 1. The molecule has 0 bridgehead atoms. The minimum absolute atomic E-state index is 0.257.